The van der Waals surface area contributed by atoms with E-state index in [0.717, 1.165) is 25.2 Å². The van der Waals surface area contributed by atoms with Crippen LogP contribution in [0.5, 0.6) is 0 Å². The Bertz CT molecular complexity index is 419. The van der Waals surface area contributed by atoms with E-state index in [1.54, 1.807) is 6.07 Å². The molecule has 1 heterocycles. The van der Waals surface area contributed by atoms with Crippen molar-refractivity contribution in [1.82, 2.24) is 5.32 Å². The average molecular weight is 236 g/mol. The first-order chi connectivity index (χ1) is 7.74. The number of benzene rings is 1. The molecule has 0 amide bonds. The number of nitriles is 1. The van der Waals surface area contributed by atoms with Gasteiger partial charge in [-0.1, -0.05) is 17.7 Å². The van der Waals surface area contributed by atoms with Gasteiger partial charge in [-0.25, -0.2) is 0 Å². The van der Waals surface area contributed by atoms with Crippen LogP contribution in [0.25, 0.3) is 0 Å². The van der Waals surface area contributed by atoms with Gasteiger partial charge >= 0.3 is 0 Å². The predicted molar refractivity (Wildman–Crippen MR) is 65.8 cm³/mol. The number of halogens is 1. The molecule has 1 aliphatic rings. The number of hydrogen-bond acceptors (Lipinski definition) is 3. The van der Waals surface area contributed by atoms with Crippen molar-refractivity contribution in [2.45, 2.75) is 12.5 Å². The molecule has 1 aliphatic heterocycles. The molecule has 1 aromatic rings. The minimum atomic E-state index is 0.450. The lowest BCUT2D eigenvalue weighted by Gasteiger charge is -2.27. The smallest absolute Gasteiger partial charge is 0.103 e. The largest absolute Gasteiger partial charge is 0.369 e. The Kier molecular flexibility index (Phi) is 3.33. The van der Waals surface area contributed by atoms with E-state index < -0.39 is 0 Å². The third-order valence-corrected chi connectivity index (χ3v) is 3.38. The molecular weight excluding hydrogens is 222 g/mol. The zero-order chi connectivity index (χ0) is 11.5. The minimum Gasteiger partial charge on any atom is -0.369 e. The lowest BCUT2D eigenvalue weighted by molar-refractivity contribution is 0.685. The SMILES string of the molecule is CN(c1cccc(Cl)c1C#N)C1CCNC1. The van der Waals surface area contributed by atoms with Crippen molar-refractivity contribution in [2.75, 3.05) is 25.0 Å². The molecule has 3 nitrogen and oxygen atoms in total. The molecule has 0 bridgehead atoms. The maximum absolute atomic E-state index is 9.11. The highest BCUT2D eigenvalue weighted by atomic mass is 35.5. The number of hydrogen-bond donors (Lipinski definition) is 1. The number of likely N-dealkylation sites (N-methyl/N-ethyl adjacent to an activating group) is 1. The first-order valence-electron chi connectivity index (χ1n) is 5.36. The van der Waals surface area contributed by atoms with Gasteiger partial charge in [0.2, 0.25) is 0 Å². The van der Waals surface area contributed by atoms with Crippen LogP contribution in [-0.4, -0.2) is 26.2 Å². The summed E-state index contributed by atoms with van der Waals surface area (Å²) in [5.41, 5.74) is 1.49. The van der Waals surface area contributed by atoms with Crippen LogP contribution < -0.4 is 10.2 Å². The van der Waals surface area contributed by atoms with Gasteiger partial charge in [0.25, 0.3) is 0 Å². The Morgan fingerprint density at radius 2 is 2.38 bits per heavy atom. The fourth-order valence-electron chi connectivity index (χ4n) is 2.08. The Morgan fingerprint density at radius 1 is 1.56 bits per heavy atom. The van der Waals surface area contributed by atoms with Crippen molar-refractivity contribution in [3.05, 3.63) is 28.8 Å². The van der Waals surface area contributed by atoms with Gasteiger partial charge in [0.15, 0.2) is 0 Å². The lowest BCUT2D eigenvalue weighted by atomic mass is 10.1. The molecule has 4 heteroatoms. The van der Waals surface area contributed by atoms with E-state index >= 15 is 0 Å². The second-order valence-corrected chi connectivity index (χ2v) is 4.41. The number of nitrogens with zero attached hydrogens (tertiary/aromatic N) is 2. The van der Waals surface area contributed by atoms with Gasteiger partial charge < -0.3 is 10.2 Å². The van der Waals surface area contributed by atoms with E-state index in [-0.39, 0.29) is 0 Å². The predicted octanol–water partition coefficient (Wildman–Crippen LogP) is 2.01. The number of rotatable bonds is 2. The van der Waals surface area contributed by atoms with Crippen LogP contribution in [-0.2, 0) is 0 Å². The van der Waals surface area contributed by atoms with Crippen molar-refractivity contribution in [3.63, 3.8) is 0 Å². The zero-order valence-corrected chi connectivity index (χ0v) is 9.96. The van der Waals surface area contributed by atoms with Crippen molar-refractivity contribution in [2.24, 2.45) is 0 Å². The van der Waals surface area contributed by atoms with E-state index in [2.05, 4.69) is 16.3 Å². The van der Waals surface area contributed by atoms with Crippen molar-refractivity contribution in [1.29, 1.82) is 5.26 Å². The van der Waals surface area contributed by atoms with Gasteiger partial charge in [-0.2, -0.15) is 5.26 Å². The second kappa shape index (κ2) is 4.73. The molecule has 84 valence electrons. The third-order valence-electron chi connectivity index (χ3n) is 3.07. The van der Waals surface area contributed by atoms with Crippen LogP contribution >= 0.6 is 11.6 Å². The maximum atomic E-state index is 9.11. The highest BCUT2D eigenvalue weighted by Gasteiger charge is 2.21. The topological polar surface area (TPSA) is 39.1 Å². The summed E-state index contributed by atoms with van der Waals surface area (Å²) in [6.45, 7) is 2.01. The highest BCUT2D eigenvalue weighted by Crippen LogP contribution is 2.28. The van der Waals surface area contributed by atoms with Gasteiger partial charge in [-0.05, 0) is 25.1 Å². The lowest BCUT2D eigenvalue weighted by Crippen LogP contribution is -2.33. The average Bonchev–Trinajstić information content (AvgIpc) is 2.81. The molecule has 1 atom stereocenters. The van der Waals surface area contributed by atoms with Gasteiger partial charge in [0.1, 0.15) is 6.07 Å². The molecule has 2 rings (SSSR count). The van der Waals surface area contributed by atoms with Crippen LogP contribution in [0, 0.1) is 11.3 Å². The standard InChI is InChI=1S/C12H14ClN3/c1-16(9-5-6-15-8-9)12-4-2-3-11(13)10(12)7-14/h2-4,9,15H,5-6,8H2,1H3. The monoisotopic (exact) mass is 235 g/mol. The zero-order valence-electron chi connectivity index (χ0n) is 9.20. The second-order valence-electron chi connectivity index (χ2n) is 4.00. The molecule has 1 fully saturated rings. The summed E-state index contributed by atoms with van der Waals surface area (Å²) >= 11 is 6.02. The summed E-state index contributed by atoms with van der Waals surface area (Å²) in [5.74, 6) is 0. The van der Waals surface area contributed by atoms with Crippen LogP contribution in [0.15, 0.2) is 18.2 Å². The number of anilines is 1. The molecule has 0 spiro atoms. The maximum Gasteiger partial charge on any atom is 0.103 e. The molecular formula is C12H14ClN3. The summed E-state index contributed by atoms with van der Waals surface area (Å²) in [6.07, 6.45) is 1.11. The van der Waals surface area contributed by atoms with Gasteiger partial charge in [-0.15, -0.1) is 0 Å². The van der Waals surface area contributed by atoms with E-state index in [1.807, 2.05) is 19.2 Å². The van der Waals surface area contributed by atoms with E-state index in [9.17, 15) is 0 Å². The van der Waals surface area contributed by atoms with Gasteiger partial charge in [0.05, 0.1) is 16.3 Å². The molecule has 0 aromatic heterocycles. The van der Waals surface area contributed by atoms with Crippen LogP contribution in [0.4, 0.5) is 5.69 Å². The van der Waals surface area contributed by atoms with Crippen molar-refractivity contribution < 1.29 is 0 Å². The minimum absolute atomic E-state index is 0.450. The van der Waals surface area contributed by atoms with E-state index in [4.69, 9.17) is 16.9 Å². The van der Waals surface area contributed by atoms with E-state index in [1.165, 1.54) is 0 Å². The molecule has 1 aromatic carbocycles. The normalized spacial score (nSPS) is 19.4. The summed E-state index contributed by atoms with van der Waals surface area (Å²) in [4.78, 5) is 2.14. The molecule has 0 radical (unpaired) electrons. The summed E-state index contributed by atoms with van der Waals surface area (Å²) in [7, 11) is 2.02. The van der Waals surface area contributed by atoms with Crippen LogP contribution in [0.2, 0.25) is 5.02 Å². The van der Waals surface area contributed by atoms with Gasteiger partial charge in [-0.3, -0.25) is 0 Å². The molecule has 1 saturated heterocycles. The fraction of sp³-hybridized carbons (Fsp3) is 0.417. The third kappa shape index (κ3) is 1.99. The Labute approximate surface area is 101 Å². The quantitative estimate of drug-likeness (QED) is 0.853. The van der Waals surface area contributed by atoms with Crippen molar-refractivity contribution >= 4 is 17.3 Å². The molecule has 0 saturated carbocycles. The molecule has 1 N–H and O–H groups in total. The number of nitrogens with one attached hydrogen (secondary N) is 1. The van der Waals surface area contributed by atoms with E-state index in [0.29, 0.717) is 16.6 Å². The van der Waals surface area contributed by atoms with Gasteiger partial charge in [0, 0.05) is 19.6 Å². The first-order valence-corrected chi connectivity index (χ1v) is 5.74. The molecule has 16 heavy (non-hydrogen) atoms. The first kappa shape index (κ1) is 11.3. The van der Waals surface area contributed by atoms with Crippen molar-refractivity contribution in [3.8, 4) is 6.07 Å². The fourth-order valence-corrected chi connectivity index (χ4v) is 2.30. The highest BCUT2D eigenvalue weighted by molar-refractivity contribution is 6.32. The molecule has 0 aliphatic carbocycles. The summed E-state index contributed by atoms with van der Waals surface area (Å²) in [5, 5.41) is 13.0. The van der Waals surface area contributed by atoms with Crippen LogP contribution in [0.1, 0.15) is 12.0 Å². The van der Waals surface area contributed by atoms with Crippen LogP contribution in [0.3, 0.4) is 0 Å². The summed E-state index contributed by atoms with van der Waals surface area (Å²) < 4.78 is 0. The Balaban J connectivity index is 2.32. The Morgan fingerprint density at radius 3 is 3.00 bits per heavy atom. The summed E-state index contributed by atoms with van der Waals surface area (Å²) in [6, 6.07) is 8.21. The Hall–Kier alpha value is -1.24. The molecule has 1 unspecified atom stereocenters.